The van der Waals surface area contributed by atoms with Crippen molar-refractivity contribution in [3.8, 4) is 0 Å². The summed E-state index contributed by atoms with van der Waals surface area (Å²) in [6.07, 6.45) is 6.14. The second kappa shape index (κ2) is 4.83. The van der Waals surface area contributed by atoms with E-state index in [4.69, 9.17) is 0 Å². The molecule has 1 aliphatic heterocycles. The number of aromatic nitrogens is 2. The largest absolute Gasteiger partial charge is 0.478 e. The highest BCUT2D eigenvalue weighted by molar-refractivity contribution is 7.91. The number of carboxylic acids is 1. The summed E-state index contributed by atoms with van der Waals surface area (Å²) < 4.78 is 25.1. The van der Waals surface area contributed by atoms with Crippen molar-refractivity contribution in [2.24, 2.45) is 0 Å². The van der Waals surface area contributed by atoms with Crippen LogP contribution in [0.15, 0.2) is 6.20 Å². The summed E-state index contributed by atoms with van der Waals surface area (Å²) in [6.45, 7) is 1.84. The van der Waals surface area contributed by atoms with Crippen LogP contribution < -0.4 is 0 Å². The van der Waals surface area contributed by atoms with Gasteiger partial charge in [-0.25, -0.2) is 13.2 Å². The van der Waals surface area contributed by atoms with Gasteiger partial charge in [-0.2, -0.15) is 5.10 Å². The van der Waals surface area contributed by atoms with Crippen LogP contribution in [0, 0.1) is 0 Å². The Labute approximate surface area is 124 Å². The van der Waals surface area contributed by atoms with E-state index in [2.05, 4.69) is 5.10 Å². The molecule has 0 amide bonds. The Kier molecular flexibility index (Phi) is 3.35. The lowest BCUT2D eigenvalue weighted by atomic mass is 10.0. The predicted octanol–water partition coefficient (Wildman–Crippen LogP) is 1.77. The van der Waals surface area contributed by atoms with E-state index in [-0.39, 0.29) is 23.0 Å². The highest BCUT2D eigenvalue weighted by Gasteiger charge is 2.41. The second-order valence-electron chi connectivity index (χ2n) is 6.50. The standard InChI is InChI=1S/C14H20N2O4S/c1-14(6-7-21(19,20)9-14)16-8-11(13(17)18)12(15-16)10-4-2-3-5-10/h8,10H,2-7,9H2,1H3,(H,17,18). The Morgan fingerprint density at radius 1 is 1.43 bits per heavy atom. The smallest absolute Gasteiger partial charge is 0.339 e. The maximum absolute atomic E-state index is 11.7. The second-order valence-corrected chi connectivity index (χ2v) is 8.68. The molecule has 1 saturated carbocycles. The van der Waals surface area contributed by atoms with Crippen molar-refractivity contribution in [2.45, 2.75) is 50.5 Å². The maximum atomic E-state index is 11.7. The average Bonchev–Trinajstić information content (AvgIpc) is 3.07. The number of carboxylic acid groups (broad SMARTS) is 1. The topological polar surface area (TPSA) is 89.3 Å². The molecule has 6 nitrogen and oxygen atoms in total. The van der Waals surface area contributed by atoms with Crippen LogP contribution in [0.1, 0.15) is 61.0 Å². The molecule has 3 rings (SSSR count). The van der Waals surface area contributed by atoms with Crippen LogP contribution in [0.5, 0.6) is 0 Å². The monoisotopic (exact) mass is 312 g/mol. The summed E-state index contributed by atoms with van der Waals surface area (Å²) in [7, 11) is -3.05. The fourth-order valence-electron chi connectivity index (χ4n) is 3.50. The van der Waals surface area contributed by atoms with Gasteiger partial charge in [0.05, 0.1) is 22.7 Å². The molecule has 0 bridgehead atoms. The van der Waals surface area contributed by atoms with Crippen LogP contribution in [0.25, 0.3) is 0 Å². The first-order chi connectivity index (χ1) is 9.81. The van der Waals surface area contributed by atoms with Gasteiger partial charge >= 0.3 is 5.97 Å². The van der Waals surface area contributed by atoms with Crippen LogP contribution in [-0.4, -0.2) is 40.8 Å². The van der Waals surface area contributed by atoms with E-state index in [1.165, 1.54) is 6.20 Å². The Morgan fingerprint density at radius 2 is 2.10 bits per heavy atom. The predicted molar refractivity (Wildman–Crippen MR) is 77.3 cm³/mol. The molecule has 1 atom stereocenters. The summed E-state index contributed by atoms with van der Waals surface area (Å²) in [5.41, 5.74) is 0.234. The van der Waals surface area contributed by atoms with E-state index < -0.39 is 21.3 Å². The van der Waals surface area contributed by atoms with Gasteiger partial charge < -0.3 is 5.11 Å². The number of hydrogen-bond donors (Lipinski definition) is 1. The summed E-state index contributed by atoms with van der Waals surface area (Å²) in [6, 6.07) is 0. The Balaban J connectivity index is 2.00. The number of sulfone groups is 1. The number of hydrogen-bond acceptors (Lipinski definition) is 4. The van der Waals surface area contributed by atoms with E-state index in [1.807, 2.05) is 6.92 Å². The molecule has 0 aromatic carbocycles. The highest BCUT2D eigenvalue weighted by atomic mass is 32.2. The van der Waals surface area contributed by atoms with Gasteiger partial charge in [-0.15, -0.1) is 0 Å². The number of carbonyl (C=O) groups is 1. The zero-order valence-electron chi connectivity index (χ0n) is 12.1. The first-order valence-electron chi connectivity index (χ1n) is 7.34. The molecule has 1 unspecified atom stereocenters. The maximum Gasteiger partial charge on any atom is 0.339 e. The van der Waals surface area contributed by atoms with Crippen molar-refractivity contribution in [1.29, 1.82) is 0 Å². The van der Waals surface area contributed by atoms with Gasteiger partial charge in [0.1, 0.15) is 5.56 Å². The van der Waals surface area contributed by atoms with E-state index in [0.29, 0.717) is 12.1 Å². The van der Waals surface area contributed by atoms with Gasteiger partial charge in [-0.1, -0.05) is 12.8 Å². The molecule has 7 heteroatoms. The van der Waals surface area contributed by atoms with Gasteiger partial charge in [0.15, 0.2) is 9.84 Å². The van der Waals surface area contributed by atoms with Gasteiger partial charge in [0.2, 0.25) is 0 Å². The normalized spacial score (nSPS) is 29.0. The lowest BCUT2D eigenvalue weighted by Crippen LogP contribution is -2.32. The van der Waals surface area contributed by atoms with Gasteiger partial charge in [0.25, 0.3) is 0 Å². The zero-order chi connectivity index (χ0) is 15.3. The Hall–Kier alpha value is -1.37. The molecule has 2 heterocycles. The Morgan fingerprint density at radius 3 is 2.62 bits per heavy atom. The Bertz CT molecular complexity index is 673. The SMILES string of the molecule is CC1(n2cc(C(=O)O)c(C3CCCC3)n2)CCS(=O)(=O)C1. The summed E-state index contributed by atoms with van der Waals surface area (Å²) >= 11 is 0. The molecule has 21 heavy (non-hydrogen) atoms. The van der Waals surface area contributed by atoms with Crippen molar-refractivity contribution in [3.63, 3.8) is 0 Å². The van der Waals surface area contributed by atoms with Crippen molar-refractivity contribution >= 4 is 15.8 Å². The molecule has 2 fully saturated rings. The first kappa shape index (κ1) is 14.6. The van der Waals surface area contributed by atoms with E-state index in [9.17, 15) is 18.3 Å². The number of rotatable bonds is 3. The molecule has 1 aromatic heterocycles. The van der Waals surface area contributed by atoms with Crippen LogP contribution in [0.2, 0.25) is 0 Å². The van der Waals surface area contributed by atoms with Crippen molar-refractivity contribution in [1.82, 2.24) is 9.78 Å². The number of aromatic carboxylic acids is 1. The molecule has 0 radical (unpaired) electrons. The quantitative estimate of drug-likeness (QED) is 0.919. The van der Waals surface area contributed by atoms with Crippen LogP contribution >= 0.6 is 0 Å². The minimum absolute atomic E-state index is 0.0326. The van der Waals surface area contributed by atoms with Gasteiger partial charge in [-0.05, 0) is 26.2 Å². The average molecular weight is 312 g/mol. The minimum atomic E-state index is -3.05. The zero-order valence-corrected chi connectivity index (χ0v) is 12.9. The molecule has 1 N–H and O–H groups in total. The summed E-state index contributed by atoms with van der Waals surface area (Å²) in [5, 5.41) is 13.9. The molecule has 1 aliphatic carbocycles. The molecule has 1 saturated heterocycles. The third-order valence-electron chi connectivity index (χ3n) is 4.75. The fourth-order valence-corrected chi connectivity index (χ4v) is 5.62. The molecule has 2 aliphatic rings. The first-order valence-corrected chi connectivity index (χ1v) is 9.17. The molecule has 1 aromatic rings. The summed E-state index contributed by atoms with van der Waals surface area (Å²) in [4.78, 5) is 11.5. The minimum Gasteiger partial charge on any atom is -0.478 e. The third kappa shape index (κ3) is 2.59. The summed E-state index contributed by atoms with van der Waals surface area (Å²) in [5.74, 6) is -0.610. The van der Waals surface area contributed by atoms with Crippen molar-refractivity contribution in [3.05, 3.63) is 17.5 Å². The van der Waals surface area contributed by atoms with Crippen molar-refractivity contribution < 1.29 is 18.3 Å². The lowest BCUT2D eigenvalue weighted by molar-refractivity contribution is 0.0695. The van der Waals surface area contributed by atoms with Gasteiger partial charge in [-0.3, -0.25) is 4.68 Å². The molecular formula is C14H20N2O4S. The van der Waals surface area contributed by atoms with Gasteiger partial charge in [0, 0.05) is 12.1 Å². The third-order valence-corrected chi connectivity index (χ3v) is 6.64. The van der Waals surface area contributed by atoms with E-state index in [1.54, 1.807) is 4.68 Å². The molecular weight excluding hydrogens is 292 g/mol. The lowest BCUT2D eigenvalue weighted by Gasteiger charge is -2.22. The van der Waals surface area contributed by atoms with E-state index in [0.717, 1.165) is 25.7 Å². The highest BCUT2D eigenvalue weighted by Crippen LogP contribution is 2.37. The molecule has 0 spiro atoms. The van der Waals surface area contributed by atoms with Crippen LogP contribution in [-0.2, 0) is 15.4 Å². The van der Waals surface area contributed by atoms with Crippen LogP contribution in [0.3, 0.4) is 0 Å². The number of nitrogens with zero attached hydrogens (tertiary/aromatic N) is 2. The molecule has 116 valence electrons. The van der Waals surface area contributed by atoms with E-state index >= 15 is 0 Å². The van der Waals surface area contributed by atoms with Crippen molar-refractivity contribution in [2.75, 3.05) is 11.5 Å². The fraction of sp³-hybridized carbons (Fsp3) is 0.714. The van der Waals surface area contributed by atoms with Crippen LogP contribution in [0.4, 0.5) is 0 Å².